The van der Waals surface area contributed by atoms with Crippen LogP contribution in [0.1, 0.15) is 38.4 Å². The largest absolute Gasteiger partial charge is 0.389 e. The van der Waals surface area contributed by atoms with Crippen LogP contribution in [0, 0.1) is 0 Å². The standard InChI is InChI=1S/C14H20ClNO2/c1-10(17)11-4-5-13(12(15)8-11)16-7-3-6-14(2,18)9-16/h4-5,8,10,17-18H,3,6-7,9H2,1-2H3. The van der Waals surface area contributed by atoms with Gasteiger partial charge >= 0.3 is 0 Å². The molecule has 0 amide bonds. The van der Waals surface area contributed by atoms with Crippen molar-refractivity contribution in [3.63, 3.8) is 0 Å². The third-order valence-corrected chi connectivity index (χ3v) is 3.77. The van der Waals surface area contributed by atoms with Crippen LogP contribution in [0.2, 0.25) is 5.02 Å². The number of nitrogens with zero attached hydrogens (tertiary/aromatic N) is 1. The topological polar surface area (TPSA) is 43.7 Å². The van der Waals surface area contributed by atoms with E-state index in [0.29, 0.717) is 11.6 Å². The fourth-order valence-electron chi connectivity index (χ4n) is 2.47. The monoisotopic (exact) mass is 269 g/mol. The second-order valence-electron chi connectivity index (χ2n) is 5.41. The lowest BCUT2D eigenvalue weighted by atomic mass is 9.94. The normalized spacial score (nSPS) is 26.2. The highest BCUT2D eigenvalue weighted by Gasteiger charge is 2.29. The molecule has 4 heteroatoms. The van der Waals surface area contributed by atoms with Crippen LogP contribution >= 0.6 is 11.6 Å². The Labute approximate surface area is 113 Å². The molecule has 0 radical (unpaired) electrons. The number of halogens is 1. The van der Waals surface area contributed by atoms with Crippen LogP contribution in [0.3, 0.4) is 0 Å². The summed E-state index contributed by atoms with van der Waals surface area (Å²) in [6.45, 7) is 5.08. The van der Waals surface area contributed by atoms with Gasteiger partial charge in [-0.1, -0.05) is 17.7 Å². The zero-order valence-corrected chi connectivity index (χ0v) is 11.6. The molecule has 100 valence electrons. The first-order chi connectivity index (χ1) is 8.39. The van der Waals surface area contributed by atoms with Gasteiger partial charge in [-0.05, 0) is 44.4 Å². The molecule has 3 nitrogen and oxygen atoms in total. The van der Waals surface area contributed by atoms with Gasteiger partial charge in [0.05, 0.1) is 22.4 Å². The van der Waals surface area contributed by atoms with Crippen molar-refractivity contribution in [2.45, 2.75) is 38.4 Å². The number of hydrogen-bond acceptors (Lipinski definition) is 3. The lowest BCUT2D eigenvalue weighted by Crippen LogP contribution is -2.46. The maximum Gasteiger partial charge on any atom is 0.0794 e. The molecular formula is C14H20ClNO2. The molecule has 2 rings (SSSR count). The van der Waals surface area contributed by atoms with Gasteiger partial charge in [0.1, 0.15) is 0 Å². The van der Waals surface area contributed by atoms with E-state index < -0.39 is 11.7 Å². The maximum absolute atomic E-state index is 10.1. The van der Waals surface area contributed by atoms with Crippen molar-refractivity contribution in [2.75, 3.05) is 18.0 Å². The van der Waals surface area contributed by atoms with Crippen LogP contribution in [-0.2, 0) is 0 Å². The van der Waals surface area contributed by atoms with Gasteiger partial charge in [-0.15, -0.1) is 0 Å². The molecule has 0 aliphatic carbocycles. The van der Waals surface area contributed by atoms with Crippen molar-refractivity contribution in [1.82, 2.24) is 0 Å². The quantitative estimate of drug-likeness (QED) is 0.868. The summed E-state index contributed by atoms with van der Waals surface area (Å²) in [5.74, 6) is 0. The van der Waals surface area contributed by atoms with Crippen molar-refractivity contribution in [3.8, 4) is 0 Å². The average Bonchev–Trinajstić information content (AvgIpc) is 2.27. The van der Waals surface area contributed by atoms with Crippen LogP contribution in [0.4, 0.5) is 5.69 Å². The smallest absolute Gasteiger partial charge is 0.0794 e. The fraction of sp³-hybridized carbons (Fsp3) is 0.571. The van der Waals surface area contributed by atoms with E-state index in [1.54, 1.807) is 13.0 Å². The first kappa shape index (κ1) is 13.7. The minimum Gasteiger partial charge on any atom is -0.389 e. The van der Waals surface area contributed by atoms with Gasteiger partial charge in [-0.3, -0.25) is 0 Å². The predicted octanol–water partition coefficient (Wildman–Crippen LogP) is 2.74. The van der Waals surface area contributed by atoms with E-state index in [0.717, 1.165) is 30.6 Å². The summed E-state index contributed by atoms with van der Waals surface area (Å²) in [5.41, 5.74) is 1.10. The Balaban J connectivity index is 2.23. The molecule has 1 heterocycles. The highest BCUT2D eigenvalue weighted by atomic mass is 35.5. The van der Waals surface area contributed by atoms with Gasteiger partial charge in [0.2, 0.25) is 0 Å². The number of piperidine rings is 1. The zero-order valence-electron chi connectivity index (χ0n) is 10.9. The molecule has 1 saturated heterocycles. The molecule has 1 aromatic rings. The Kier molecular flexibility index (Phi) is 3.85. The van der Waals surface area contributed by atoms with E-state index >= 15 is 0 Å². The molecular weight excluding hydrogens is 250 g/mol. The van der Waals surface area contributed by atoms with E-state index in [1.165, 1.54) is 0 Å². The molecule has 2 N–H and O–H groups in total. The number of aliphatic hydroxyl groups excluding tert-OH is 1. The van der Waals surface area contributed by atoms with Crippen molar-refractivity contribution in [1.29, 1.82) is 0 Å². The highest BCUT2D eigenvalue weighted by Crippen LogP contribution is 2.32. The highest BCUT2D eigenvalue weighted by molar-refractivity contribution is 6.33. The molecule has 1 aliphatic heterocycles. The Morgan fingerprint density at radius 3 is 2.72 bits per heavy atom. The predicted molar refractivity (Wildman–Crippen MR) is 74.2 cm³/mol. The minimum absolute atomic E-state index is 0.513. The molecule has 1 aliphatic rings. The Morgan fingerprint density at radius 2 is 2.17 bits per heavy atom. The first-order valence-corrected chi connectivity index (χ1v) is 6.72. The molecule has 2 unspecified atom stereocenters. The van der Waals surface area contributed by atoms with Gasteiger partial charge in [0, 0.05) is 13.1 Å². The van der Waals surface area contributed by atoms with Crippen molar-refractivity contribution < 1.29 is 10.2 Å². The minimum atomic E-state index is -0.648. The molecule has 0 spiro atoms. The molecule has 1 fully saturated rings. The lowest BCUT2D eigenvalue weighted by molar-refractivity contribution is 0.0449. The van der Waals surface area contributed by atoms with E-state index in [2.05, 4.69) is 4.90 Å². The van der Waals surface area contributed by atoms with Gasteiger partial charge in [0.25, 0.3) is 0 Å². The first-order valence-electron chi connectivity index (χ1n) is 6.34. The number of aliphatic hydroxyl groups is 2. The van der Waals surface area contributed by atoms with Crippen molar-refractivity contribution in [2.24, 2.45) is 0 Å². The zero-order chi connectivity index (χ0) is 13.3. The van der Waals surface area contributed by atoms with Crippen LogP contribution in [-0.4, -0.2) is 28.9 Å². The summed E-state index contributed by atoms with van der Waals surface area (Å²) in [4.78, 5) is 2.11. The number of anilines is 1. The van der Waals surface area contributed by atoms with E-state index in [9.17, 15) is 10.2 Å². The van der Waals surface area contributed by atoms with Crippen LogP contribution in [0.15, 0.2) is 18.2 Å². The van der Waals surface area contributed by atoms with Crippen LogP contribution in [0.25, 0.3) is 0 Å². The summed E-state index contributed by atoms with van der Waals surface area (Å²) < 4.78 is 0. The van der Waals surface area contributed by atoms with Gasteiger partial charge < -0.3 is 15.1 Å². The Bertz CT molecular complexity index is 432. The average molecular weight is 270 g/mol. The fourth-order valence-corrected chi connectivity index (χ4v) is 2.77. The maximum atomic E-state index is 10.1. The third kappa shape index (κ3) is 2.97. The van der Waals surface area contributed by atoms with E-state index in [4.69, 9.17) is 11.6 Å². The number of benzene rings is 1. The van der Waals surface area contributed by atoms with Crippen LogP contribution < -0.4 is 4.90 Å². The number of β-amino-alcohol motifs (C(OH)–C–C–N with tert-alkyl or cyclic N) is 1. The molecule has 0 aromatic heterocycles. The lowest BCUT2D eigenvalue weighted by Gasteiger charge is -2.38. The third-order valence-electron chi connectivity index (χ3n) is 3.47. The Morgan fingerprint density at radius 1 is 1.44 bits per heavy atom. The summed E-state index contributed by atoms with van der Waals surface area (Å²) in [5, 5.41) is 20.3. The van der Waals surface area contributed by atoms with E-state index in [-0.39, 0.29) is 0 Å². The van der Waals surface area contributed by atoms with Gasteiger partial charge in [-0.2, -0.15) is 0 Å². The molecule has 18 heavy (non-hydrogen) atoms. The Hall–Kier alpha value is -0.770. The number of rotatable bonds is 2. The summed E-state index contributed by atoms with van der Waals surface area (Å²) in [6.07, 6.45) is 1.27. The van der Waals surface area contributed by atoms with Crippen LogP contribution in [0.5, 0.6) is 0 Å². The van der Waals surface area contributed by atoms with Crippen molar-refractivity contribution >= 4 is 17.3 Å². The summed E-state index contributed by atoms with van der Waals surface area (Å²) in [6, 6.07) is 5.60. The van der Waals surface area contributed by atoms with Crippen molar-refractivity contribution in [3.05, 3.63) is 28.8 Å². The molecule has 2 atom stereocenters. The SMILES string of the molecule is CC(O)c1ccc(N2CCCC(C)(O)C2)c(Cl)c1. The molecule has 0 bridgehead atoms. The van der Waals surface area contributed by atoms with E-state index in [1.807, 2.05) is 19.1 Å². The molecule has 1 aromatic carbocycles. The molecule has 0 saturated carbocycles. The second kappa shape index (κ2) is 5.08. The second-order valence-corrected chi connectivity index (χ2v) is 5.82. The van der Waals surface area contributed by atoms with Gasteiger partial charge in [-0.25, -0.2) is 0 Å². The number of hydrogen-bond donors (Lipinski definition) is 2. The summed E-state index contributed by atoms with van der Waals surface area (Å²) >= 11 is 6.27. The van der Waals surface area contributed by atoms with Gasteiger partial charge in [0.15, 0.2) is 0 Å². The summed E-state index contributed by atoms with van der Waals surface area (Å²) in [7, 11) is 0.